The average molecular weight is 403 g/mol. The zero-order chi connectivity index (χ0) is 19.2. The van der Waals surface area contributed by atoms with E-state index >= 15 is 0 Å². The molecule has 6 heteroatoms. The maximum Gasteiger partial charge on any atom is 0.206 e. The summed E-state index contributed by atoms with van der Waals surface area (Å²) in [5.41, 5.74) is 1.24. The van der Waals surface area contributed by atoms with Crippen molar-refractivity contribution in [2.45, 2.75) is 43.9 Å². The van der Waals surface area contributed by atoms with Crippen molar-refractivity contribution in [3.05, 3.63) is 58.6 Å². The molecular weight excluding hydrogens is 380 g/mol. The minimum Gasteiger partial charge on any atom is -0.508 e. The Morgan fingerprint density at radius 2 is 2.00 bits per heavy atom. The number of fused-ring (bicyclic) bond motifs is 1. The van der Waals surface area contributed by atoms with Crippen LogP contribution in [0.5, 0.6) is 11.5 Å². The van der Waals surface area contributed by atoms with Crippen LogP contribution in [0.4, 0.5) is 0 Å². The molecule has 2 aromatic carbocycles. The summed E-state index contributed by atoms with van der Waals surface area (Å²) in [5.74, 6) is 0.905. The third-order valence-corrected chi connectivity index (χ3v) is 6.06. The number of nitrogens with zero attached hydrogens (tertiary/aromatic N) is 1. The summed E-state index contributed by atoms with van der Waals surface area (Å²) in [6.45, 7) is 4.32. The van der Waals surface area contributed by atoms with Crippen molar-refractivity contribution in [3.8, 4) is 11.5 Å². The lowest BCUT2D eigenvalue weighted by Gasteiger charge is -2.47. The summed E-state index contributed by atoms with van der Waals surface area (Å²) in [4.78, 5) is 4.94. The van der Waals surface area contributed by atoms with Crippen LogP contribution in [0.1, 0.15) is 43.7 Å². The van der Waals surface area contributed by atoms with Gasteiger partial charge in [0.15, 0.2) is 5.17 Å². The van der Waals surface area contributed by atoms with Crippen LogP contribution in [0, 0.1) is 0 Å². The number of nitrogens with one attached hydrogen (secondary N) is 1. The smallest absolute Gasteiger partial charge is 0.206 e. The number of phenols is 1. The minimum atomic E-state index is -0.697. The number of hydrogen-bond acceptors (Lipinski definition) is 5. The monoisotopic (exact) mass is 402 g/mol. The largest absolute Gasteiger partial charge is 0.508 e. The molecule has 4 nitrogen and oxygen atoms in total. The number of aromatic hydroxyl groups is 1. The van der Waals surface area contributed by atoms with Gasteiger partial charge in [0.1, 0.15) is 11.5 Å². The highest BCUT2D eigenvalue weighted by molar-refractivity contribution is 8.13. The molecule has 0 radical (unpaired) electrons. The van der Waals surface area contributed by atoms with Crippen molar-refractivity contribution in [2.24, 2.45) is 4.99 Å². The second-order valence-corrected chi connectivity index (χ2v) is 9.06. The van der Waals surface area contributed by atoms with Gasteiger partial charge in [-0.05, 0) is 37.8 Å². The molecule has 0 bridgehead atoms. The summed E-state index contributed by atoms with van der Waals surface area (Å²) in [7, 11) is 0. The second-order valence-electron chi connectivity index (χ2n) is 7.86. The summed E-state index contributed by atoms with van der Waals surface area (Å²) in [6.07, 6.45) is 3.43. The fraction of sp³-hybridized carbons (Fsp3) is 0.381. The summed E-state index contributed by atoms with van der Waals surface area (Å²) in [5, 5.41) is 15.1. The summed E-state index contributed by atoms with van der Waals surface area (Å²) < 4.78 is 6.46. The number of ether oxygens (including phenoxy) is 1. The molecule has 1 spiro atoms. The predicted octanol–water partition coefficient (Wildman–Crippen LogP) is 5.15. The van der Waals surface area contributed by atoms with Gasteiger partial charge in [-0.3, -0.25) is 0 Å². The van der Waals surface area contributed by atoms with Crippen molar-refractivity contribution in [1.82, 2.24) is 5.32 Å². The van der Waals surface area contributed by atoms with Gasteiger partial charge in [-0.25, -0.2) is 4.99 Å². The van der Waals surface area contributed by atoms with Gasteiger partial charge in [0, 0.05) is 41.0 Å². The minimum absolute atomic E-state index is 0.0452. The Kier molecular flexibility index (Phi) is 4.55. The number of aliphatic imine (C=N–C) groups is 1. The molecule has 2 atom stereocenters. The van der Waals surface area contributed by atoms with Crippen molar-refractivity contribution in [3.63, 3.8) is 0 Å². The molecule has 0 saturated carbocycles. The Labute approximate surface area is 169 Å². The average Bonchev–Trinajstić information content (AvgIpc) is 2.59. The molecule has 0 aromatic heterocycles. The van der Waals surface area contributed by atoms with E-state index in [2.05, 4.69) is 25.2 Å². The van der Waals surface area contributed by atoms with Crippen molar-refractivity contribution >= 4 is 28.5 Å². The lowest BCUT2D eigenvalue weighted by molar-refractivity contribution is 0.0134. The molecule has 0 aliphatic carbocycles. The van der Waals surface area contributed by atoms with Gasteiger partial charge in [0.25, 0.3) is 0 Å². The first-order valence-corrected chi connectivity index (χ1v) is 10.6. The van der Waals surface area contributed by atoms with E-state index in [0.717, 1.165) is 27.7 Å². The van der Waals surface area contributed by atoms with Crippen LogP contribution in [0.25, 0.3) is 0 Å². The zero-order valence-electron chi connectivity index (χ0n) is 15.6. The first-order chi connectivity index (χ1) is 12.8. The summed E-state index contributed by atoms with van der Waals surface area (Å²) >= 11 is 8.14. The second kappa shape index (κ2) is 6.64. The number of phenolic OH excluding ortho intramolecular Hbond substituents is 1. The molecule has 2 aromatic rings. The molecule has 142 valence electrons. The third kappa shape index (κ3) is 3.50. The Morgan fingerprint density at radius 1 is 1.22 bits per heavy atom. The van der Waals surface area contributed by atoms with Crippen molar-refractivity contribution in [1.29, 1.82) is 0 Å². The number of hydrogen-bond donors (Lipinski definition) is 2. The molecule has 0 saturated heterocycles. The van der Waals surface area contributed by atoms with Crippen molar-refractivity contribution < 1.29 is 9.84 Å². The third-order valence-electron chi connectivity index (χ3n) is 5.14. The Morgan fingerprint density at radius 3 is 2.74 bits per heavy atom. The molecule has 0 amide bonds. The normalized spacial score (nSPS) is 25.9. The quantitative estimate of drug-likeness (QED) is 0.692. The molecule has 2 aliphatic rings. The van der Waals surface area contributed by atoms with Crippen LogP contribution in [0.15, 0.2) is 47.5 Å². The number of benzene rings is 2. The fourth-order valence-corrected chi connectivity index (χ4v) is 5.06. The predicted molar refractivity (Wildman–Crippen MR) is 112 cm³/mol. The first kappa shape index (κ1) is 18.5. The van der Waals surface area contributed by atoms with Crippen LogP contribution in [-0.4, -0.2) is 27.8 Å². The Bertz CT molecular complexity index is 915. The van der Waals surface area contributed by atoms with E-state index < -0.39 is 5.72 Å². The molecule has 0 unspecified atom stereocenters. The molecule has 2 N–H and O–H groups in total. The zero-order valence-corrected chi connectivity index (χ0v) is 17.2. The van der Waals surface area contributed by atoms with E-state index in [4.69, 9.17) is 21.3 Å². The number of thioether (sulfide) groups is 1. The lowest BCUT2D eigenvalue weighted by Crippen LogP contribution is -2.56. The van der Waals surface area contributed by atoms with Gasteiger partial charge < -0.3 is 15.2 Å². The SMILES string of the molecule is CSC1=N[C@]2(C[C@@H](c3ccccc3Cl)c3ccc(O)cc3O2)CC(C)(C)N1. The number of halogens is 1. The standard InChI is InChI=1S/C21H23ClN2O2S/c1-20(2)12-21(24-19(23-20)27-3)11-16(14-6-4-5-7-17(14)22)15-9-8-13(25)10-18(15)26-21/h4-10,16,25H,11-12H2,1-3H3,(H,23,24)/t16-,21-/m0/s1. The van der Waals surface area contributed by atoms with Gasteiger partial charge in [-0.2, -0.15) is 0 Å². The molecule has 2 heterocycles. The van der Waals surface area contributed by atoms with Crippen LogP contribution >= 0.6 is 23.4 Å². The Balaban J connectivity index is 1.87. The number of amidine groups is 1. The van der Waals surface area contributed by atoms with E-state index in [1.165, 1.54) is 0 Å². The van der Waals surface area contributed by atoms with E-state index in [9.17, 15) is 5.11 Å². The fourth-order valence-electron chi connectivity index (χ4n) is 4.16. The van der Waals surface area contributed by atoms with Crippen LogP contribution in [-0.2, 0) is 0 Å². The van der Waals surface area contributed by atoms with E-state index in [1.807, 2.05) is 30.5 Å². The van der Waals surface area contributed by atoms with Crippen molar-refractivity contribution in [2.75, 3.05) is 6.26 Å². The Hall–Kier alpha value is -1.85. The molecule has 27 heavy (non-hydrogen) atoms. The highest BCUT2D eigenvalue weighted by Gasteiger charge is 2.48. The topological polar surface area (TPSA) is 53.9 Å². The van der Waals surface area contributed by atoms with Gasteiger partial charge in [0.05, 0.1) is 0 Å². The first-order valence-electron chi connectivity index (χ1n) is 8.99. The van der Waals surface area contributed by atoms with Gasteiger partial charge in [-0.15, -0.1) is 0 Å². The molecule has 2 aliphatic heterocycles. The van der Waals surface area contributed by atoms with Gasteiger partial charge in [0.2, 0.25) is 5.72 Å². The maximum absolute atomic E-state index is 10.0. The van der Waals surface area contributed by atoms with E-state index in [-0.39, 0.29) is 17.2 Å². The lowest BCUT2D eigenvalue weighted by atomic mass is 9.77. The molecule has 4 rings (SSSR count). The van der Waals surface area contributed by atoms with Crippen LogP contribution < -0.4 is 10.1 Å². The highest BCUT2D eigenvalue weighted by Crippen LogP contribution is 2.50. The molecule has 0 fully saturated rings. The van der Waals surface area contributed by atoms with Gasteiger partial charge in [-0.1, -0.05) is 47.6 Å². The summed E-state index contributed by atoms with van der Waals surface area (Å²) in [6, 6.07) is 13.2. The number of rotatable bonds is 1. The van der Waals surface area contributed by atoms with E-state index in [1.54, 1.807) is 23.9 Å². The highest BCUT2D eigenvalue weighted by atomic mass is 35.5. The van der Waals surface area contributed by atoms with Gasteiger partial charge >= 0.3 is 0 Å². The van der Waals surface area contributed by atoms with Crippen LogP contribution in [0.3, 0.4) is 0 Å². The maximum atomic E-state index is 10.0. The molecular formula is C21H23ClN2O2S. The van der Waals surface area contributed by atoms with E-state index in [0.29, 0.717) is 12.2 Å². The van der Waals surface area contributed by atoms with Crippen LogP contribution in [0.2, 0.25) is 5.02 Å².